The Bertz CT molecular complexity index is 760. The summed E-state index contributed by atoms with van der Waals surface area (Å²) in [7, 11) is 0. The highest BCUT2D eigenvalue weighted by Crippen LogP contribution is 2.35. The van der Waals surface area contributed by atoms with Crippen molar-refractivity contribution in [2.75, 3.05) is 0 Å². The van der Waals surface area contributed by atoms with E-state index in [4.69, 9.17) is 0 Å². The predicted molar refractivity (Wildman–Crippen MR) is 77.6 cm³/mol. The van der Waals surface area contributed by atoms with E-state index >= 15 is 0 Å². The second-order valence-corrected chi connectivity index (χ2v) is 6.19. The zero-order valence-electron chi connectivity index (χ0n) is 11.5. The van der Waals surface area contributed by atoms with E-state index in [2.05, 4.69) is 4.98 Å². The van der Waals surface area contributed by atoms with Crippen molar-refractivity contribution in [1.82, 2.24) is 9.55 Å². The first kappa shape index (κ1) is 13.3. The molecule has 0 fully saturated rings. The largest absolute Gasteiger partial charge is 0.480 e. The van der Waals surface area contributed by atoms with Gasteiger partial charge < -0.3 is 5.11 Å². The third-order valence-corrected chi connectivity index (χ3v) is 5.09. The van der Waals surface area contributed by atoms with E-state index < -0.39 is 12.0 Å². The van der Waals surface area contributed by atoms with Gasteiger partial charge in [0, 0.05) is 11.3 Å². The Kier molecular flexibility index (Phi) is 3.12. The summed E-state index contributed by atoms with van der Waals surface area (Å²) in [6, 6.07) is -0.883. The van der Waals surface area contributed by atoms with Crippen LogP contribution < -0.4 is 5.56 Å². The Morgan fingerprint density at radius 1 is 1.50 bits per heavy atom. The fraction of sp³-hybridized carbons (Fsp3) is 0.500. The van der Waals surface area contributed by atoms with Crippen LogP contribution >= 0.6 is 11.3 Å². The molecule has 0 saturated carbocycles. The molecule has 0 aliphatic heterocycles. The molecule has 1 aliphatic carbocycles. The van der Waals surface area contributed by atoms with Crippen LogP contribution in [0.1, 0.15) is 42.6 Å². The van der Waals surface area contributed by atoms with Crippen LogP contribution in [0.3, 0.4) is 0 Å². The van der Waals surface area contributed by atoms with Crippen LogP contribution in [0.2, 0.25) is 0 Å². The monoisotopic (exact) mass is 292 g/mol. The number of rotatable bonds is 3. The summed E-state index contributed by atoms with van der Waals surface area (Å²) in [4.78, 5) is 30.5. The number of thiophene rings is 1. The normalized spacial score (nSPS) is 15.5. The number of carbonyl (C=O) groups is 1. The van der Waals surface area contributed by atoms with Crippen molar-refractivity contribution in [3.05, 3.63) is 26.6 Å². The molecule has 0 bridgehead atoms. The molecule has 2 heterocycles. The summed E-state index contributed by atoms with van der Waals surface area (Å²) in [5.74, 6) is -0.452. The SMILES string of the molecule is CCc1nc2sc3c(c2c(=O)n1C(C)C(=O)O)CCC3. The fourth-order valence-electron chi connectivity index (χ4n) is 2.86. The number of fused-ring (bicyclic) bond motifs is 3. The molecule has 6 heteroatoms. The second kappa shape index (κ2) is 4.70. The lowest BCUT2D eigenvalue weighted by molar-refractivity contribution is -0.140. The number of aliphatic carboxylic acids is 1. The van der Waals surface area contributed by atoms with Crippen LogP contribution in [0, 0.1) is 0 Å². The first-order valence-electron chi connectivity index (χ1n) is 6.83. The van der Waals surface area contributed by atoms with Crippen molar-refractivity contribution in [2.45, 2.75) is 45.6 Å². The molecule has 106 valence electrons. The summed E-state index contributed by atoms with van der Waals surface area (Å²) in [6.07, 6.45) is 3.52. The summed E-state index contributed by atoms with van der Waals surface area (Å²) in [5.41, 5.74) is 0.901. The molecule has 3 rings (SSSR count). The van der Waals surface area contributed by atoms with Gasteiger partial charge in [-0.25, -0.2) is 9.78 Å². The zero-order valence-corrected chi connectivity index (χ0v) is 12.3. The topological polar surface area (TPSA) is 72.2 Å². The number of carboxylic acids is 1. The lowest BCUT2D eigenvalue weighted by Crippen LogP contribution is -2.31. The van der Waals surface area contributed by atoms with Gasteiger partial charge in [-0.1, -0.05) is 6.92 Å². The van der Waals surface area contributed by atoms with Gasteiger partial charge in [-0.15, -0.1) is 11.3 Å². The smallest absolute Gasteiger partial charge is 0.326 e. The van der Waals surface area contributed by atoms with E-state index in [-0.39, 0.29) is 5.56 Å². The van der Waals surface area contributed by atoms with Gasteiger partial charge >= 0.3 is 5.97 Å². The number of aromatic nitrogens is 2. The van der Waals surface area contributed by atoms with Crippen LogP contribution in [-0.4, -0.2) is 20.6 Å². The summed E-state index contributed by atoms with van der Waals surface area (Å²) in [5, 5.41) is 9.86. The molecular formula is C14H16N2O3S. The van der Waals surface area contributed by atoms with Crippen LogP contribution in [-0.2, 0) is 24.1 Å². The average molecular weight is 292 g/mol. The van der Waals surface area contributed by atoms with E-state index in [1.165, 1.54) is 16.4 Å². The minimum atomic E-state index is -1.00. The van der Waals surface area contributed by atoms with Crippen molar-refractivity contribution >= 4 is 27.5 Å². The van der Waals surface area contributed by atoms with E-state index in [9.17, 15) is 14.7 Å². The van der Waals surface area contributed by atoms with E-state index in [0.717, 1.165) is 29.7 Å². The molecule has 2 aromatic rings. The fourth-order valence-corrected chi connectivity index (χ4v) is 4.13. The molecule has 20 heavy (non-hydrogen) atoms. The molecule has 0 saturated heterocycles. The van der Waals surface area contributed by atoms with Gasteiger partial charge in [0.2, 0.25) is 0 Å². The van der Waals surface area contributed by atoms with E-state index in [0.29, 0.717) is 17.6 Å². The molecule has 0 spiro atoms. The number of nitrogens with zero attached hydrogens (tertiary/aromatic N) is 2. The van der Waals surface area contributed by atoms with Crippen LogP contribution in [0.15, 0.2) is 4.79 Å². The molecule has 0 amide bonds. The number of hydrogen-bond acceptors (Lipinski definition) is 4. The van der Waals surface area contributed by atoms with Crippen molar-refractivity contribution in [3.8, 4) is 0 Å². The first-order valence-corrected chi connectivity index (χ1v) is 7.64. The molecule has 5 nitrogen and oxygen atoms in total. The van der Waals surface area contributed by atoms with Crippen LogP contribution in [0.4, 0.5) is 0 Å². The molecule has 1 unspecified atom stereocenters. The van der Waals surface area contributed by atoms with Gasteiger partial charge in [-0.2, -0.15) is 0 Å². The Morgan fingerprint density at radius 2 is 2.25 bits per heavy atom. The lowest BCUT2D eigenvalue weighted by atomic mass is 10.2. The number of aryl methyl sites for hydroxylation is 3. The van der Waals surface area contributed by atoms with Gasteiger partial charge in [0.05, 0.1) is 5.39 Å². The highest BCUT2D eigenvalue weighted by atomic mass is 32.1. The van der Waals surface area contributed by atoms with Gasteiger partial charge in [-0.05, 0) is 31.7 Å². The van der Waals surface area contributed by atoms with Crippen molar-refractivity contribution in [1.29, 1.82) is 0 Å². The third-order valence-electron chi connectivity index (χ3n) is 3.90. The van der Waals surface area contributed by atoms with E-state index in [1.807, 2.05) is 6.92 Å². The van der Waals surface area contributed by atoms with Crippen LogP contribution in [0.25, 0.3) is 10.2 Å². The number of hydrogen-bond donors (Lipinski definition) is 1. The molecule has 0 radical (unpaired) electrons. The summed E-state index contributed by atoms with van der Waals surface area (Å²) in [6.45, 7) is 3.42. The predicted octanol–water partition coefficient (Wildman–Crippen LogP) is 2.15. The Balaban J connectivity index is 2.36. The molecule has 1 N–H and O–H groups in total. The maximum absolute atomic E-state index is 12.7. The zero-order chi connectivity index (χ0) is 14.4. The van der Waals surface area contributed by atoms with Crippen molar-refractivity contribution in [2.24, 2.45) is 0 Å². The summed E-state index contributed by atoms with van der Waals surface area (Å²) < 4.78 is 1.34. The molecule has 1 atom stereocenters. The lowest BCUT2D eigenvalue weighted by Gasteiger charge is -2.15. The molecule has 2 aromatic heterocycles. The average Bonchev–Trinajstić information content (AvgIpc) is 2.97. The van der Waals surface area contributed by atoms with Crippen molar-refractivity contribution < 1.29 is 9.90 Å². The minimum Gasteiger partial charge on any atom is -0.480 e. The first-order chi connectivity index (χ1) is 9.54. The van der Waals surface area contributed by atoms with E-state index in [1.54, 1.807) is 11.3 Å². The van der Waals surface area contributed by atoms with Gasteiger partial charge in [0.25, 0.3) is 5.56 Å². The van der Waals surface area contributed by atoms with Gasteiger partial charge in [-0.3, -0.25) is 9.36 Å². The summed E-state index contributed by atoms with van der Waals surface area (Å²) >= 11 is 1.59. The second-order valence-electron chi connectivity index (χ2n) is 5.11. The Hall–Kier alpha value is -1.69. The highest BCUT2D eigenvalue weighted by Gasteiger charge is 2.26. The molecule has 0 aromatic carbocycles. The number of carboxylic acid groups (broad SMARTS) is 1. The molecular weight excluding hydrogens is 276 g/mol. The van der Waals surface area contributed by atoms with Crippen LogP contribution in [0.5, 0.6) is 0 Å². The van der Waals surface area contributed by atoms with Gasteiger partial charge in [0.15, 0.2) is 0 Å². The Labute approximate surface area is 119 Å². The molecule has 1 aliphatic rings. The highest BCUT2D eigenvalue weighted by molar-refractivity contribution is 7.18. The maximum atomic E-state index is 12.7. The quantitative estimate of drug-likeness (QED) is 0.941. The third kappa shape index (κ3) is 1.78. The van der Waals surface area contributed by atoms with Gasteiger partial charge in [0.1, 0.15) is 16.7 Å². The Morgan fingerprint density at radius 3 is 2.90 bits per heavy atom. The standard InChI is InChI=1S/C14H16N2O3S/c1-3-10-15-12-11(8-5-4-6-9(8)20-12)13(17)16(10)7(2)14(18)19/h7H,3-6H2,1-2H3,(H,18,19). The minimum absolute atomic E-state index is 0.193. The van der Waals surface area contributed by atoms with Crippen molar-refractivity contribution in [3.63, 3.8) is 0 Å². The maximum Gasteiger partial charge on any atom is 0.326 e.